The fourth-order valence-electron chi connectivity index (χ4n) is 2.50. The molecule has 0 fully saturated rings. The molecule has 1 heterocycles. The summed E-state index contributed by atoms with van der Waals surface area (Å²) < 4.78 is 0. The lowest BCUT2D eigenvalue weighted by Gasteiger charge is -2.21. The van der Waals surface area contributed by atoms with Gasteiger partial charge in [-0.1, -0.05) is 37.3 Å². The third-order valence-corrected chi connectivity index (χ3v) is 5.09. The van der Waals surface area contributed by atoms with Gasteiger partial charge in [-0.15, -0.1) is 11.3 Å². The lowest BCUT2D eigenvalue weighted by molar-refractivity contribution is 0.257. The molecule has 0 amide bonds. The summed E-state index contributed by atoms with van der Waals surface area (Å²) in [6.07, 6.45) is 1.82. The molecular weight excluding hydrogens is 280 g/mol. The van der Waals surface area contributed by atoms with Crippen LogP contribution in [0.4, 0.5) is 0 Å². The number of nitrogens with one attached hydrogen (secondary N) is 1. The quantitative estimate of drug-likeness (QED) is 0.814. The van der Waals surface area contributed by atoms with Crippen LogP contribution in [0.1, 0.15) is 43.3 Å². The van der Waals surface area contributed by atoms with Crippen LogP contribution in [0, 0.1) is 6.92 Å². The van der Waals surface area contributed by atoms with E-state index in [1.54, 1.807) is 11.3 Å². The van der Waals surface area contributed by atoms with Gasteiger partial charge in [0.15, 0.2) is 0 Å². The van der Waals surface area contributed by atoms with Crippen molar-refractivity contribution < 1.29 is 5.11 Å². The first-order valence-electron chi connectivity index (χ1n) is 7.55. The van der Waals surface area contributed by atoms with Crippen molar-refractivity contribution in [3.63, 3.8) is 0 Å². The van der Waals surface area contributed by atoms with Crippen LogP contribution in [-0.4, -0.2) is 22.7 Å². The third kappa shape index (κ3) is 4.13. The molecule has 1 aromatic heterocycles. The number of benzene rings is 1. The Kier molecular flexibility index (Phi) is 5.91. The SMILES string of the molecule is CCC(CCO)NC(C)c1sc(-c2ccccc2)nc1C. The molecule has 4 heteroatoms. The smallest absolute Gasteiger partial charge is 0.123 e. The van der Waals surface area contributed by atoms with Crippen molar-refractivity contribution in [1.29, 1.82) is 0 Å². The number of rotatable bonds is 7. The lowest BCUT2D eigenvalue weighted by Crippen LogP contribution is -2.31. The third-order valence-electron chi connectivity index (χ3n) is 3.70. The summed E-state index contributed by atoms with van der Waals surface area (Å²) in [5.41, 5.74) is 2.27. The van der Waals surface area contributed by atoms with Crippen molar-refractivity contribution in [2.24, 2.45) is 0 Å². The van der Waals surface area contributed by atoms with Gasteiger partial charge in [0.25, 0.3) is 0 Å². The molecule has 2 rings (SSSR count). The van der Waals surface area contributed by atoms with E-state index in [-0.39, 0.29) is 12.6 Å². The largest absolute Gasteiger partial charge is 0.396 e. The van der Waals surface area contributed by atoms with Gasteiger partial charge in [-0.3, -0.25) is 0 Å². The standard InChI is InChI=1S/C17H24N2OS/c1-4-15(10-11-20)18-12(2)16-13(3)19-17(21-16)14-8-6-5-7-9-14/h5-9,12,15,18,20H,4,10-11H2,1-3H3. The zero-order valence-corrected chi connectivity index (χ0v) is 13.8. The first-order chi connectivity index (χ1) is 10.2. The number of aliphatic hydroxyl groups excluding tert-OH is 1. The number of hydrogen-bond donors (Lipinski definition) is 2. The van der Waals surface area contributed by atoms with Crippen molar-refractivity contribution in [3.8, 4) is 10.6 Å². The van der Waals surface area contributed by atoms with Crippen LogP contribution >= 0.6 is 11.3 Å². The van der Waals surface area contributed by atoms with Gasteiger partial charge in [-0.2, -0.15) is 0 Å². The molecule has 2 unspecified atom stereocenters. The van der Waals surface area contributed by atoms with E-state index in [4.69, 9.17) is 10.1 Å². The van der Waals surface area contributed by atoms with Crippen LogP contribution in [0.5, 0.6) is 0 Å². The van der Waals surface area contributed by atoms with Crippen LogP contribution in [0.3, 0.4) is 0 Å². The molecule has 2 atom stereocenters. The van der Waals surface area contributed by atoms with Crippen molar-refractivity contribution in [3.05, 3.63) is 40.9 Å². The van der Waals surface area contributed by atoms with E-state index < -0.39 is 0 Å². The zero-order valence-electron chi connectivity index (χ0n) is 13.0. The van der Waals surface area contributed by atoms with E-state index in [1.165, 1.54) is 10.4 Å². The van der Waals surface area contributed by atoms with Crippen molar-refractivity contribution in [2.75, 3.05) is 6.61 Å². The van der Waals surface area contributed by atoms with Gasteiger partial charge in [0.05, 0.1) is 5.69 Å². The molecule has 21 heavy (non-hydrogen) atoms. The van der Waals surface area contributed by atoms with Crippen LogP contribution in [0.2, 0.25) is 0 Å². The minimum atomic E-state index is 0.231. The Hall–Kier alpha value is -1.23. The summed E-state index contributed by atoms with van der Waals surface area (Å²) in [5, 5.41) is 13.8. The zero-order chi connectivity index (χ0) is 15.2. The van der Waals surface area contributed by atoms with Crippen molar-refractivity contribution in [1.82, 2.24) is 10.3 Å². The molecule has 0 aliphatic carbocycles. The maximum absolute atomic E-state index is 9.11. The van der Waals surface area contributed by atoms with Gasteiger partial charge in [0.1, 0.15) is 5.01 Å². The molecule has 2 N–H and O–H groups in total. The van der Waals surface area contributed by atoms with Crippen LogP contribution in [0.25, 0.3) is 10.6 Å². The molecule has 0 spiro atoms. The number of aromatic nitrogens is 1. The molecule has 0 bridgehead atoms. The monoisotopic (exact) mass is 304 g/mol. The van der Waals surface area contributed by atoms with Crippen LogP contribution in [-0.2, 0) is 0 Å². The normalized spacial score (nSPS) is 14.1. The second kappa shape index (κ2) is 7.69. The van der Waals surface area contributed by atoms with E-state index in [1.807, 2.05) is 18.2 Å². The van der Waals surface area contributed by atoms with Gasteiger partial charge in [-0.05, 0) is 26.7 Å². The summed E-state index contributed by atoms with van der Waals surface area (Å²) in [6.45, 7) is 6.63. The molecule has 2 aromatic rings. The molecular formula is C17H24N2OS. The number of aliphatic hydroxyl groups is 1. The highest BCUT2D eigenvalue weighted by molar-refractivity contribution is 7.15. The molecule has 0 aliphatic heterocycles. The molecule has 0 radical (unpaired) electrons. The Morgan fingerprint density at radius 1 is 1.29 bits per heavy atom. The number of thiazole rings is 1. The van der Waals surface area contributed by atoms with Gasteiger partial charge >= 0.3 is 0 Å². The second-order valence-corrected chi connectivity index (χ2v) is 6.37. The van der Waals surface area contributed by atoms with E-state index in [2.05, 4.69) is 38.2 Å². The minimum Gasteiger partial charge on any atom is -0.396 e. The van der Waals surface area contributed by atoms with Crippen molar-refractivity contribution >= 4 is 11.3 Å². The molecule has 0 saturated carbocycles. The highest BCUT2D eigenvalue weighted by Gasteiger charge is 2.17. The van der Waals surface area contributed by atoms with Crippen molar-refractivity contribution in [2.45, 2.75) is 45.7 Å². The Morgan fingerprint density at radius 2 is 2.00 bits per heavy atom. The number of hydrogen-bond acceptors (Lipinski definition) is 4. The Balaban J connectivity index is 2.15. The van der Waals surface area contributed by atoms with Gasteiger partial charge in [0.2, 0.25) is 0 Å². The number of aryl methyl sites for hydroxylation is 1. The highest BCUT2D eigenvalue weighted by atomic mass is 32.1. The highest BCUT2D eigenvalue weighted by Crippen LogP contribution is 2.31. The first kappa shape index (κ1) is 16.1. The van der Waals surface area contributed by atoms with E-state index in [0.29, 0.717) is 6.04 Å². The topological polar surface area (TPSA) is 45.1 Å². The molecule has 0 saturated heterocycles. The predicted molar refractivity (Wildman–Crippen MR) is 89.6 cm³/mol. The maximum atomic E-state index is 9.11. The second-order valence-electron chi connectivity index (χ2n) is 5.34. The summed E-state index contributed by atoms with van der Waals surface area (Å²) in [6, 6.07) is 10.9. The van der Waals surface area contributed by atoms with E-state index in [9.17, 15) is 0 Å². The predicted octanol–water partition coefficient (Wildman–Crippen LogP) is 3.93. The van der Waals surface area contributed by atoms with Gasteiger partial charge in [0, 0.05) is 29.1 Å². The summed E-state index contributed by atoms with van der Waals surface area (Å²) in [7, 11) is 0. The van der Waals surface area contributed by atoms with Gasteiger partial charge in [-0.25, -0.2) is 4.98 Å². The van der Waals surface area contributed by atoms with Crippen LogP contribution < -0.4 is 5.32 Å². The molecule has 0 aliphatic rings. The van der Waals surface area contributed by atoms with Gasteiger partial charge < -0.3 is 10.4 Å². The fraction of sp³-hybridized carbons (Fsp3) is 0.471. The Morgan fingerprint density at radius 3 is 2.62 bits per heavy atom. The van der Waals surface area contributed by atoms with Crippen LogP contribution in [0.15, 0.2) is 30.3 Å². The Bertz CT molecular complexity index is 553. The first-order valence-corrected chi connectivity index (χ1v) is 8.37. The fourth-order valence-corrected chi connectivity index (χ4v) is 3.59. The Labute approximate surface area is 131 Å². The summed E-state index contributed by atoms with van der Waals surface area (Å²) in [5.74, 6) is 0. The average molecular weight is 304 g/mol. The molecule has 1 aromatic carbocycles. The summed E-state index contributed by atoms with van der Waals surface area (Å²) in [4.78, 5) is 5.99. The molecule has 3 nitrogen and oxygen atoms in total. The minimum absolute atomic E-state index is 0.231. The summed E-state index contributed by atoms with van der Waals surface area (Å²) >= 11 is 1.76. The van der Waals surface area contributed by atoms with E-state index in [0.717, 1.165) is 23.5 Å². The van der Waals surface area contributed by atoms with E-state index >= 15 is 0 Å². The lowest BCUT2D eigenvalue weighted by atomic mass is 10.1. The maximum Gasteiger partial charge on any atom is 0.123 e. The average Bonchev–Trinajstić information content (AvgIpc) is 2.89. The number of nitrogens with zero attached hydrogens (tertiary/aromatic N) is 1. The molecule has 114 valence electrons.